The van der Waals surface area contributed by atoms with E-state index in [0.717, 1.165) is 0 Å². The molecule has 1 N–H and O–H groups in total. The summed E-state index contributed by atoms with van der Waals surface area (Å²) in [5.41, 5.74) is 1.07. The second-order valence-corrected chi connectivity index (χ2v) is 7.07. The predicted molar refractivity (Wildman–Crippen MR) is 98.5 cm³/mol. The molecule has 0 aliphatic carbocycles. The van der Waals surface area contributed by atoms with E-state index in [9.17, 15) is 9.18 Å². The van der Waals surface area contributed by atoms with Crippen LogP contribution in [-0.4, -0.2) is 10.2 Å². The molecule has 1 fully saturated rings. The van der Waals surface area contributed by atoms with E-state index in [1.54, 1.807) is 42.5 Å². The molecule has 0 unspecified atom stereocenters. The molecule has 2 aromatic carbocycles. The standard InChI is InChI=1S/C17H11ClFNO2S2/c18-12-5-6-14(22-9-10-3-1-2-4-13(10)19)11(7-12)8-15-16(21)20-17(23)24-15/h1-8H,9H2,(H,20,21,23). The average molecular weight is 380 g/mol. The molecule has 0 atom stereocenters. The van der Waals surface area contributed by atoms with Crippen LogP contribution in [-0.2, 0) is 11.4 Å². The van der Waals surface area contributed by atoms with Gasteiger partial charge in [-0.3, -0.25) is 4.79 Å². The van der Waals surface area contributed by atoms with Crippen LogP contribution in [0.1, 0.15) is 11.1 Å². The zero-order chi connectivity index (χ0) is 17.1. The van der Waals surface area contributed by atoms with Crippen LogP contribution in [0.5, 0.6) is 5.75 Å². The van der Waals surface area contributed by atoms with Crippen LogP contribution in [0.15, 0.2) is 47.4 Å². The number of thiocarbonyl (C=S) groups is 1. The SMILES string of the molecule is O=C1NC(=S)SC1=Cc1cc(Cl)ccc1OCc1ccccc1F. The van der Waals surface area contributed by atoms with Crippen LogP contribution in [0.4, 0.5) is 4.39 Å². The summed E-state index contributed by atoms with van der Waals surface area (Å²) in [6.07, 6.45) is 1.65. The van der Waals surface area contributed by atoms with Gasteiger partial charge < -0.3 is 10.1 Å². The molecule has 0 aromatic heterocycles. The number of ether oxygens (including phenoxy) is 1. The molecule has 1 heterocycles. The Bertz CT molecular complexity index is 854. The molecule has 122 valence electrons. The van der Waals surface area contributed by atoms with Crippen LogP contribution in [0, 0.1) is 5.82 Å². The molecule has 0 bridgehead atoms. The van der Waals surface area contributed by atoms with Crippen LogP contribution in [0.3, 0.4) is 0 Å². The quantitative estimate of drug-likeness (QED) is 0.625. The first-order valence-electron chi connectivity index (χ1n) is 6.93. The summed E-state index contributed by atoms with van der Waals surface area (Å²) in [5.74, 6) is -0.0890. The van der Waals surface area contributed by atoms with Gasteiger partial charge in [0, 0.05) is 16.1 Å². The lowest BCUT2D eigenvalue weighted by molar-refractivity contribution is -0.115. The van der Waals surface area contributed by atoms with Gasteiger partial charge in [-0.2, -0.15) is 0 Å². The third-order valence-corrected chi connectivity index (χ3v) is 4.64. The normalized spacial score (nSPS) is 15.7. The number of amides is 1. The van der Waals surface area contributed by atoms with Gasteiger partial charge in [0.1, 0.15) is 22.5 Å². The van der Waals surface area contributed by atoms with E-state index < -0.39 is 0 Å². The van der Waals surface area contributed by atoms with Crippen LogP contribution in [0.25, 0.3) is 6.08 Å². The van der Waals surface area contributed by atoms with Crippen LogP contribution < -0.4 is 10.1 Å². The summed E-state index contributed by atoms with van der Waals surface area (Å²) < 4.78 is 19.8. The molecular formula is C17H11ClFNO2S2. The van der Waals surface area contributed by atoms with E-state index in [0.29, 0.717) is 31.1 Å². The largest absolute Gasteiger partial charge is 0.488 e. The molecular weight excluding hydrogens is 369 g/mol. The topological polar surface area (TPSA) is 38.3 Å². The highest BCUT2D eigenvalue weighted by atomic mass is 35.5. The molecule has 24 heavy (non-hydrogen) atoms. The first-order valence-corrected chi connectivity index (χ1v) is 8.54. The Balaban J connectivity index is 1.86. The maximum Gasteiger partial charge on any atom is 0.263 e. The van der Waals surface area contributed by atoms with E-state index in [1.165, 1.54) is 17.8 Å². The number of carbonyl (C=O) groups excluding carboxylic acids is 1. The van der Waals surface area contributed by atoms with E-state index in [4.69, 9.17) is 28.6 Å². The van der Waals surface area contributed by atoms with Gasteiger partial charge in [-0.15, -0.1) is 0 Å². The molecule has 7 heteroatoms. The number of rotatable bonds is 4. The van der Waals surface area contributed by atoms with E-state index in [-0.39, 0.29) is 18.3 Å². The number of hydrogen-bond acceptors (Lipinski definition) is 4. The Morgan fingerprint density at radius 3 is 2.79 bits per heavy atom. The van der Waals surface area contributed by atoms with Crippen molar-refractivity contribution < 1.29 is 13.9 Å². The molecule has 0 radical (unpaired) electrons. The number of benzene rings is 2. The molecule has 2 aromatic rings. The molecule has 0 spiro atoms. The van der Waals surface area contributed by atoms with Crippen molar-refractivity contribution in [3.8, 4) is 5.75 Å². The molecule has 1 saturated heterocycles. The van der Waals surface area contributed by atoms with Crippen molar-refractivity contribution in [3.63, 3.8) is 0 Å². The number of nitrogens with one attached hydrogen (secondary N) is 1. The Hall–Kier alpha value is -1.89. The summed E-state index contributed by atoms with van der Waals surface area (Å²) in [6, 6.07) is 11.4. The maximum atomic E-state index is 13.7. The molecule has 3 nitrogen and oxygen atoms in total. The van der Waals surface area contributed by atoms with E-state index in [2.05, 4.69) is 5.32 Å². The average Bonchev–Trinajstić information content (AvgIpc) is 2.85. The summed E-state index contributed by atoms with van der Waals surface area (Å²) in [4.78, 5) is 12.3. The zero-order valence-electron chi connectivity index (χ0n) is 12.2. The lowest BCUT2D eigenvalue weighted by atomic mass is 10.1. The molecule has 0 saturated carbocycles. The van der Waals surface area contributed by atoms with Gasteiger partial charge in [0.05, 0.1) is 4.91 Å². The van der Waals surface area contributed by atoms with Gasteiger partial charge in [-0.1, -0.05) is 53.8 Å². The van der Waals surface area contributed by atoms with Crippen molar-refractivity contribution in [2.24, 2.45) is 0 Å². The fraction of sp³-hybridized carbons (Fsp3) is 0.0588. The highest BCUT2D eigenvalue weighted by Gasteiger charge is 2.22. The fourth-order valence-electron chi connectivity index (χ4n) is 2.10. The van der Waals surface area contributed by atoms with Crippen molar-refractivity contribution >= 4 is 51.9 Å². The van der Waals surface area contributed by atoms with Gasteiger partial charge in [0.25, 0.3) is 5.91 Å². The first-order chi connectivity index (χ1) is 11.5. The number of carbonyl (C=O) groups is 1. The fourth-order valence-corrected chi connectivity index (χ4v) is 3.31. The predicted octanol–water partition coefficient (Wildman–Crippen LogP) is 4.55. The van der Waals surface area contributed by atoms with E-state index >= 15 is 0 Å². The third kappa shape index (κ3) is 3.95. The van der Waals surface area contributed by atoms with Gasteiger partial charge in [-0.25, -0.2) is 4.39 Å². The lowest BCUT2D eigenvalue weighted by Crippen LogP contribution is -2.17. The lowest BCUT2D eigenvalue weighted by Gasteiger charge is -2.10. The Morgan fingerprint density at radius 2 is 2.08 bits per heavy atom. The number of thioether (sulfide) groups is 1. The van der Waals surface area contributed by atoms with Gasteiger partial charge in [0.15, 0.2) is 0 Å². The minimum absolute atomic E-state index is 0.0717. The van der Waals surface area contributed by atoms with Crippen molar-refractivity contribution in [3.05, 3.63) is 69.3 Å². The second kappa shape index (κ2) is 7.34. The third-order valence-electron chi connectivity index (χ3n) is 3.24. The highest BCUT2D eigenvalue weighted by molar-refractivity contribution is 8.26. The molecule has 1 aliphatic heterocycles. The van der Waals surface area contributed by atoms with Crippen molar-refractivity contribution in [1.29, 1.82) is 0 Å². The van der Waals surface area contributed by atoms with Crippen molar-refractivity contribution in [2.45, 2.75) is 6.61 Å². The number of halogens is 2. The summed E-state index contributed by atoms with van der Waals surface area (Å²) in [6.45, 7) is 0.0717. The smallest absolute Gasteiger partial charge is 0.263 e. The Morgan fingerprint density at radius 1 is 1.29 bits per heavy atom. The monoisotopic (exact) mass is 379 g/mol. The Labute approximate surface area is 152 Å². The highest BCUT2D eigenvalue weighted by Crippen LogP contribution is 2.31. The minimum Gasteiger partial charge on any atom is -0.488 e. The summed E-state index contributed by atoms with van der Waals surface area (Å²) >= 11 is 12.2. The summed E-state index contributed by atoms with van der Waals surface area (Å²) in [7, 11) is 0. The van der Waals surface area contributed by atoms with Gasteiger partial charge in [0.2, 0.25) is 0 Å². The minimum atomic E-state index is -0.331. The first kappa shape index (κ1) is 17.0. The molecule has 1 aliphatic rings. The van der Waals surface area contributed by atoms with E-state index in [1.807, 2.05) is 0 Å². The van der Waals surface area contributed by atoms with Gasteiger partial charge >= 0.3 is 0 Å². The molecule has 3 rings (SSSR count). The van der Waals surface area contributed by atoms with Crippen molar-refractivity contribution in [1.82, 2.24) is 5.32 Å². The second-order valence-electron chi connectivity index (χ2n) is 4.91. The van der Waals surface area contributed by atoms with Gasteiger partial charge in [-0.05, 0) is 30.3 Å². The molecule has 1 amide bonds. The Kier molecular flexibility index (Phi) is 5.18. The maximum absolute atomic E-state index is 13.7. The zero-order valence-corrected chi connectivity index (χ0v) is 14.6. The van der Waals surface area contributed by atoms with Crippen molar-refractivity contribution in [2.75, 3.05) is 0 Å². The summed E-state index contributed by atoms with van der Waals surface area (Å²) in [5, 5.41) is 3.06. The van der Waals surface area contributed by atoms with Crippen LogP contribution >= 0.6 is 35.6 Å². The number of hydrogen-bond donors (Lipinski definition) is 1. The van der Waals surface area contributed by atoms with Crippen LogP contribution in [0.2, 0.25) is 5.02 Å².